The van der Waals surface area contributed by atoms with Crippen LogP contribution in [0.2, 0.25) is 0 Å². The van der Waals surface area contributed by atoms with Gasteiger partial charge in [0.2, 0.25) is 0 Å². The third kappa shape index (κ3) is 8.01. The number of hydrogen-bond donors (Lipinski definition) is 1. The average molecular weight is 361 g/mol. The molecule has 23 heavy (non-hydrogen) atoms. The molecule has 1 fully saturated rings. The molecule has 0 bridgehead atoms. The summed E-state index contributed by atoms with van der Waals surface area (Å²) in [4.78, 5) is 25.9. The fraction of sp³-hybridized carbons (Fsp3) is 0.812. The lowest BCUT2D eigenvalue weighted by Crippen LogP contribution is -2.46. The number of likely N-dealkylation sites (tertiary alicyclic amines) is 1. The summed E-state index contributed by atoms with van der Waals surface area (Å²) in [6, 6.07) is 0. The number of rotatable bonds is 4. The molecule has 1 rings (SSSR count). The number of ether oxygens (including phenoxy) is 1. The van der Waals surface area contributed by atoms with E-state index in [1.165, 1.54) is 11.8 Å². The summed E-state index contributed by atoms with van der Waals surface area (Å²) in [6.45, 7) is 11.4. The highest BCUT2D eigenvalue weighted by atomic mass is 32.2. The van der Waals surface area contributed by atoms with Gasteiger partial charge >= 0.3 is 5.97 Å². The Bertz CT molecular complexity index is 441. The van der Waals surface area contributed by atoms with Gasteiger partial charge in [-0.15, -0.1) is 0 Å². The van der Waals surface area contributed by atoms with Crippen molar-refractivity contribution in [1.82, 2.24) is 10.2 Å². The molecule has 1 atom stereocenters. The Labute approximate surface area is 148 Å². The number of carbonyl (C=O) groups is 2. The van der Waals surface area contributed by atoms with E-state index in [0.29, 0.717) is 0 Å². The van der Waals surface area contributed by atoms with Gasteiger partial charge in [-0.25, -0.2) is 0 Å². The van der Waals surface area contributed by atoms with E-state index in [2.05, 4.69) is 17.1 Å². The zero-order valence-corrected chi connectivity index (χ0v) is 16.3. The predicted octanol–water partition coefficient (Wildman–Crippen LogP) is 2.58. The summed E-state index contributed by atoms with van der Waals surface area (Å²) in [7, 11) is 0. The third-order valence-corrected chi connectivity index (χ3v) is 5.03. The first-order chi connectivity index (χ1) is 10.6. The van der Waals surface area contributed by atoms with Gasteiger partial charge in [0.25, 0.3) is 5.91 Å². The summed E-state index contributed by atoms with van der Waals surface area (Å²) in [6.07, 6.45) is 1.47. The number of amides is 1. The Morgan fingerprint density at radius 3 is 2.43 bits per heavy atom. The highest BCUT2D eigenvalue weighted by Gasteiger charge is 2.23. The van der Waals surface area contributed by atoms with Gasteiger partial charge in [-0.2, -0.15) is 0 Å². The van der Waals surface area contributed by atoms with Crippen LogP contribution in [0.3, 0.4) is 0 Å². The minimum absolute atomic E-state index is 0.137. The molecule has 1 N–H and O–H groups in total. The van der Waals surface area contributed by atoms with E-state index < -0.39 is 12.1 Å². The molecule has 5 nitrogen and oxygen atoms in total. The van der Waals surface area contributed by atoms with E-state index >= 15 is 0 Å². The predicted molar refractivity (Wildman–Crippen MR) is 98.5 cm³/mol. The standard InChI is InChI=1S/C16H28N2O3S2/c1-11-6-8-18(9-7-11)15(22)23-10-13(19)21-12(2)14(20)17-16(3,4)5/h11-12H,6-10H2,1-5H3,(H,17,20). The molecular weight excluding hydrogens is 332 g/mol. The first-order valence-corrected chi connectivity index (χ1v) is 9.41. The lowest BCUT2D eigenvalue weighted by molar-refractivity contribution is -0.152. The SMILES string of the molecule is CC1CCN(C(=S)SCC(=O)OC(C)C(=O)NC(C)(C)C)CC1. The second kappa shape index (κ2) is 8.87. The summed E-state index contributed by atoms with van der Waals surface area (Å²) in [5.41, 5.74) is -0.348. The van der Waals surface area contributed by atoms with E-state index in [9.17, 15) is 9.59 Å². The molecular formula is C16H28N2O3S2. The van der Waals surface area contributed by atoms with Crippen LogP contribution < -0.4 is 5.32 Å². The Morgan fingerprint density at radius 2 is 1.91 bits per heavy atom. The second-order valence-corrected chi connectivity index (χ2v) is 8.70. The van der Waals surface area contributed by atoms with Crippen molar-refractivity contribution in [2.75, 3.05) is 18.8 Å². The van der Waals surface area contributed by atoms with E-state index in [1.807, 2.05) is 20.8 Å². The molecule has 132 valence electrons. The van der Waals surface area contributed by atoms with Crippen molar-refractivity contribution in [2.24, 2.45) is 5.92 Å². The molecule has 0 saturated carbocycles. The topological polar surface area (TPSA) is 58.6 Å². The van der Waals surface area contributed by atoms with E-state index in [4.69, 9.17) is 17.0 Å². The number of nitrogens with zero attached hydrogens (tertiary/aromatic N) is 1. The maximum absolute atomic E-state index is 11.9. The smallest absolute Gasteiger partial charge is 0.317 e. The van der Waals surface area contributed by atoms with Gasteiger partial charge in [0.1, 0.15) is 4.32 Å². The largest absolute Gasteiger partial charge is 0.452 e. The minimum Gasteiger partial charge on any atom is -0.452 e. The second-order valence-electron chi connectivity index (χ2n) is 7.10. The first kappa shape index (κ1) is 20.2. The van der Waals surface area contributed by atoms with E-state index in [0.717, 1.165) is 36.2 Å². The van der Waals surface area contributed by atoms with Gasteiger partial charge in [0.05, 0.1) is 5.75 Å². The molecule has 0 spiro atoms. The van der Waals surface area contributed by atoms with Crippen molar-refractivity contribution in [2.45, 2.75) is 59.1 Å². The number of carbonyl (C=O) groups excluding carboxylic acids is 2. The minimum atomic E-state index is -0.799. The monoisotopic (exact) mass is 360 g/mol. The summed E-state index contributed by atoms with van der Waals surface area (Å²) >= 11 is 6.68. The fourth-order valence-electron chi connectivity index (χ4n) is 2.16. The molecule has 1 unspecified atom stereocenters. The Balaban J connectivity index is 2.30. The van der Waals surface area contributed by atoms with Gasteiger partial charge in [-0.05, 0) is 46.5 Å². The molecule has 0 radical (unpaired) electrons. The van der Waals surface area contributed by atoms with Crippen LogP contribution >= 0.6 is 24.0 Å². The number of thiocarbonyl (C=S) groups is 1. The quantitative estimate of drug-likeness (QED) is 0.614. The van der Waals surface area contributed by atoms with Crippen molar-refractivity contribution in [3.63, 3.8) is 0 Å². The molecule has 1 aliphatic rings. The Kier molecular flexibility index (Phi) is 7.80. The van der Waals surface area contributed by atoms with Crippen LogP contribution in [0.25, 0.3) is 0 Å². The zero-order chi connectivity index (χ0) is 17.6. The van der Waals surface area contributed by atoms with Crippen molar-refractivity contribution in [1.29, 1.82) is 0 Å². The van der Waals surface area contributed by atoms with Gasteiger partial charge in [-0.3, -0.25) is 9.59 Å². The molecule has 1 aliphatic heterocycles. The van der Waals surface area contributed by atoms with Crippen LogP contribution in [0.5, 0.6) is 0 Å². The number of piperidine rings is 1. The molecule has 1 saturated heterocycles. The van der Waals surface area contributed by atoms with Crippen molar-refractivity contribution < 1.29 is 14.3 Å². The van der Waals surface area contributed by atoms with Gasteiger partial charge in [0.15, 0.2) is 6.10 Å². The van der Waals surface area contributed by atoms with Crippen molar-refractivity contribution in [3.8, 4) is 0 Å². The van der Waals surface area contributed by atoms with Gasteiger partial charge in [0, 0.05) is 18.6 Å². The average Bonchev–Trinajstić information content (AvgIpc) is 2.43. The number of hydrogen-bond acceptors (Lipinski definition) is 5. The molecule has 1 heterocycles. The van der Waals surface area contributed by atoms with E-state index in [-0.39, 0.29) is 17.2 Å². The fourth-order valence-corrected chi connectivity index (χ4v) is 3.19. The van der Waals surface area contributed by atoms with Gasteiger partial charge < -0.3 is 15.0 Å². The molecule has 1 amide bonds. The highest BCUT2D eigenvalue weighted by Crippen LogP contribution is 2.20. The maximum Gasteiger partial charge on any atom is 0.317 e. The summed E-state index contributed by atoms with van der Waals surface area (Å²) < 4.78 is 5.90. The number of nitrogens with one attached hydrogen (secondary N) is 1. The first-order valence-electron chi connectivity index (χ1n) is 8.01. The Morgan fingerprint density at radius 1 is 1.35 bits per heavy atom. The van der Waals surface area contributed by atoms with Crippen LogP contribution in [-0.4, -0.2) is 51.6 Å². The van der Waals surface area contributed by atoms with Crippen LogP contribution in [0.15, 0.2) is 0 Å². The lowest BCUT2D eigenvalue weighted by atomic mass is 10.00. The summed E-state index contributed by atoms with van der Waals surface area (Å²) in [5.74, 6) is 0.173. The third-order valence-electron chi connectivity index (χ3n) is 3.53. The van der Waals surface area contributed by atoms with Crippen molar-refractivity contribution >= 4 is 40.2 Å². The zero-order valence-electron chi connectivity index (χ0n) is 14.7. The lowest BCUT2D eigenvalue weighted by Gasteiger charge is -2.31. The van der Waals surface area contributed by atoms with Gasteiger partial charge in [-0.1, -0.05) is 30.9 Å². The highest BCUT2D eigenvalue weighted by molar-refractivity contribution is 8.23. The Hall–Kier alpha value is -0.820. The molecule has 7 heteroatoms. The maximum atomic E-state index is 11.9. The molecule has 0 aliphatic carbocycles. The molecule has 0 aromatic rings. The number of thioether (sulfide) groups is 1. The van der Waals surface area contributed by atoms with Crippen LogP contribution in [0.4, 0.5) is 0 Å². The van der Waals surface area contributed by atoms with Crippen molar-refractivity contribution in [3.05, 3.63) is 0 Å². The van der Waals surface area contributed by atoms with E-state index in [1.54, 1.807) is 6.92 Å². The normalized spacial score (nSPS) is 17.5. The van der Waals surface area contributed by atoms with Crippen LogP contribution in [-0.2, 0) is 14.3 Å². The van der Waals surface area contributed by atoms with Crippen LogP contribution in [0.1, 0.15) is 47.5 Å². The molecule has 0 aromatic carbocycles. The number of esters is 1. The molecule has 0 aromatic heterocycles. The summed E-state index contributed by atoms with van der Waals surface area (Å²) in [5, 5.41) is 2.79. The van der Waals surface area contributed by atoms with Crippen LogP contribution in [0, 0.1) is 5.92 Å².